The number of benzene rings is 2. The molecule has 2 fully saturated rings. The van der Waals surface area contributed by atoms with Crippen molar-refractivity contribution in [3.63, 3.8) is 0 Å². The maximum absolute atomic E-state index is 13.2. The number of rotatable bonds is 16. The SMILES string of the molecule is CN(C)CC1CCCCO1.CN(C)CC1CN(S(=O)(=O)c2nc(Nc3c4c(cc5c3CCC5)CCC4)n[nH]2)CCO1.C[Si](C)(C)CCOCn1nc(S(=O)(=O)Cl)nc1Nc1c2c(cc3c1CCC3)CCC2. The number of anilines is 4. The van der Waals surface area contributed by atoms with Crippen LogP contribution in [-0.4, -0.2) is 155 Å². The summed E-state index contributed by atoms with van der Waals surface area (Å²) in [5, 5.41) is 17.2. The van der Waals surface area contributed by atoms with Crippen molar-refractivity contribution in [3.8, 4) is 0 Å². The molecule has 0 amide bonds. The Hall–Kier alpha value is -3.51. The molecule has 2 aliphatic heterocycles. The first-order valence-electron chi connectivity index (χ1n) is 25.6. The maximum Gasteiger partial charge on any atom is 0.298 e. The fraction of sp³-hybridized carbons (Fsp3) is 0.673. The molecule has 2 atom stereocenters. The van der Waals surface area contributed by atoms with E-state index < -0.39 is 32.3 Å². The first kappa shape index (κ1) is 53.8. The molecule has 4 aliphatic carbocycles. The lowest BCUT2D eigenvalue weighted by molar-refractivity contribution is -0.0133. The molecule has 22 heteroatoms. The van der Waals surface area contributed by atoms with E-state index in [4.69, 9.17) is 24.9 Å². The number of halogens is 1. The molecule has 4 heterocycles. The molecule has 4 aromatic rings. The van der Waals surface area contributed by atoms with Crippen LogP contribution in [0.15, 0.2) is 22.4 Å². The van der Waals surface area contributed by atoms with Crippen molar-refractivity contribution in [1.29, 1.82) is 0 Å². The van der Waals surface area contributed by atoms with Crippen LogP contribution in [0.4, 0.5) is 23.3 Å². The van der Waals surface area contributed by atoms with E-state index in [-0.39, 0.29) is 18.0 Å². The number of fused-ring (bicyclic) bond motifs is 4. The minimum Gasteiger partial charge on any atom is -0.377 e. The molecular formula is C49H76ClN11O7S2Si. The van der Waals surface area contributed by atoms with Gasteiger partial charge >= 0.3 is 0 Å². The highest BCUT2D eigenvalue weighted by Gasteiger charge is 2.34. The van der Waals surface area contributed by atoms with Crippen LogP contribution >= 0.6 is 10.7 Å². The number of nitrogens with one attached hydrogen (secondary N) is 3. The summed E-state index contributed by atoms with van der Waals surface area (Å²) in [4.78, 5) is 12.7. The average molecular weight is 1060 g/mol. The number of morpholine rings is 1. The van der Waals surface area contributed by atoms with E-state index in [1.807, 2.05) is 19.0 Å². The Balaban J connectivity index is 0.000000160. The van der Waals surface area contributed by atoms with Gasteiger partial charge in [-0.25, -0.2) is 26.6 Å². The van der Waals surface area contributed by atoms with E-state index in [0.29, 0.717) is 50.8 Å². The van der Waals surface area contributed by atoms with E-state index in [2.05, 4.69) is 86.7 Å². The van der Waals surface area contributed by atoms with Crippen molar-refractivity contribution in [1.82, 2.24) is 44.1 Å². The molecule has 2 aromatic carbocycles. The van der Waals surface area contributed by atoms with Crippen LogP contribution in [0.1, 0.15) is 89.5 Å². The van der Waals surface area contributed by atoms with Crippen molar-refractivity contribution in [3.05, 3.63) is 56.6 Å². The summed E-state index contributed by atoms with van der Waals surface area (Å²) in [6.07, 6.45) is 17.3. The van der Waals surface area contributed by atoms with Crippen LogP contribution < -0.4 is 10.6 Å². The van der Waals surface area contributed by atoms with Crippen LogP contribution in [0.2, 0.25) is 25.7 Å². The summed E-state index contributed by atoms with van der Waals surface area (Å²) in [7, 11) is 4.60. The highest BCUT2D eigenvalue weighted by Crippen LogP contribution is 2.41. The highest BCUT2D eigenvalue weighted by atomic mass is 35.7. The van der Waals surface area contributed by atoms with Crippen LogP contribution in [0, 0.1) is 0 Å². The molecular weight excluding hydrogens is 982 g/mol. The van der Waals surface area contributed by atoms with Crippen LogP contribution in [0.25, 0.3) is 0 Å². The quantitative estimate of drug-likeness (QED) is 0.0598. The predicted molar refractivity (Wildman–Crippen MR) is 280 cm³/mol. The van der Waals surface area contributed by atoms with Gasteiger partial charge in [-0.1, -0.05) is 31.8 Å². The largest absolute Gasteiger partial charge is 0.377 e. The molecule has 0 bridgehead atoms. The smallest absolute Gasteiger partial charge is 0.298 e. The second kappa shape index (κ2) is 23.4. The summed E-state index contributed by atoms with van der Waals surface area (Å²) in [6.45, 7) is 11.3. The number of aromatic nitrogens is 6. The van der Waals surface area contributed by atoms with E-state index in [1.165, 1.54) is 72.8 Å². The number of sulfonamides is 1. The van der Waals surface area contributed by atoms with E-state index in [9.17, 15) is 16.8 Å². The summed E-state index contributed by atoms with van der Waals surface area (Å²) in [6, 6.07) is 5.74. The van der Waals surface area contributed by atoms with Gasteiger partial charge in [-0.2, -0.15) is 14.3 Å². The fourth-order valence-electron chi connectivity index (χ4n) is 10.6. The van der Waals surface area contributed by atoms with Gasteiger partial charge in [-0.15, -0.1) is 10.2 Å². The average Bonchev–Trinajstić information content (AvgIpc) is 4.17. The van der Waals surface area contributed by atoms with Gasteiger partial charge in [0.2, 0.25) is 11.9 Å². The van der Waals surface area contributed by atoms with Crippen molar-refractivity contribution in [2.45, 2.75) is 151 Å². The van der Waals surface area contributed by atoms with E-state index in [0.717, 1.165) is 108 Å². The Kier molecular flexibility index (Phi) is 17.7. The Morgan fingerprint density at radius 3 is 1.82 bits per heavy atom. The van der Waals surface area contributed by atoms with E-state index >= 15 is 0 Å². The molecule has 3 N–H and O–H groups in total. The summed E-state index contributed by atoms with van der Waals surface area (Å²) < 4.78 is 70.0. The Labute approximate surface area is 426 Å². The topological polar surface area (TPSA) is 202 Å². The first-order chi connectivity index (χ1) is 33.8. The van der Waals surface area contributed by atoms with Gasteiger partial charge in [0.15, 0.2) is 0 Å². The molecule has 71 heavy (non-hydrogen) atoms. The minimum absolute atomic E-state index is 0.121. The highest BCUT2D eigenvalue weighted by molar-refractivity contribution is 8.13. The molecule has 2 aromatic heterocycles. The first-order valence-corrected chi connectivity index (χ1v) is 33.1. The van der Waals surface area contributed by atoms with Crippen molar-refractivity contribution in [2.24, 2.45) is 0 Å². The van der Waals surface area contributed by atoms with Crippen molar-refractivity contribution < 1.29 is 31.0 Å². The van der Waals surface area contributed by atoms with Gasteiger partial charge in [0.1, 0.15) is 6.73 Å². The van der Waals surface area contributed by atoms with Gasteiger partial charge in [0.25, 0.3) is 29.4 Å². The Morgan fingerprint density at radius 1 is 0.746 bits per heavy atom. The monoisotopic (exact) mass is 1060 g/mol. The number of aryl methyl sites for hydroxylation is 4. The molecule has 6 aliphatic rings. The number of H-pyrrole nitrogens is 1. The fourth-order valence-corrected chi connectivity index (χ4v) is 13.3. The molecule has 2 unspecified atom stereocenters. The molecule has 10 rings (SSSR count). The lowest BCUT2D eigenvalue weighted by Crippen LogP contribution is -2.48. The molecule has 0 spiro atoms. The number of ether oxygens (including phenoxy) is 3. The number of hydrogen-bond acceptors (Lipinski definition) is 15. The van der Waals surface area contributed by atoms with Gasteiger partial charge in [-0.05, 0) is 175 Å². The van der Waals surface area contributed by atoms with E-state index in [1.54, 1.807) is 0 Å². The molecule has 0 radical (unpaired) electrons. The van der Waals surface area contributed by atoms with Gasteiger partial charge in [0.05, 0.1) is 18.8 Å². The minimum atomic E-state index is -4.03. The Morgan fingerprint density at radius 2 is 1.30 bits per heavy atom. The Bertz CT molecular complexity index is 2640. The second-order valence-electron chi connectivity index (χ2n) is 21.6. The molecule has 392 valence electrons. The third-order valence-corrected chi connectivity index (χ3v) is 18.5. The standard InChI is InChI=1S/C21H30N6O3S.C20H29ClN4O3SSi.C8H17NO/c1-26(2)12-16-13-27(9-10-30-16)31(28,29)21-23-20(24-25-21)22-19-17-7-3-5-14(17)11-15-6-4-8-18(15)19;1-30(2,3)11-10-28-13-25-19(23-20(24-25)29(21,26)27)22-18-16-8-4-6-14(16)12-15-7-5-9-17(15)18;1-9(2)7-8-5-3-4-6-10-8/h11,16H,3-10,12-13H2,1-2H3,(H2,22,23,24,25);12H,4-11,13H2,1-3H3,(H,22,23,24);8H,3-7H2,1-2H3. The lowest BCUT2D eigenvalue weighted by Gasteiger charge is -2.32. The summed E-state index contributed by atoms with van der Waals surface area (Å²) in [5.74, 6) is 0.669. The van der Waals surface area contributed by atoms with Gasteiger partial charge in [-0.3, -0.25) is 0 Å². The summed E-state index contributed by atoms with van der Waals surface area (Å²) >= 11 is 0. The number of nitrogens with zero attached hydrogens (tertiary/aromatic N) is 8. The van der Waals surface area contributed by atoms with Crippen LogP contribution in [0.5, 0.6) is 0 Å². The molecule has 0 saturated carbocycles. The van der Waals surface area contributed by atoms with Gasteiger partial charge in [0, 0.05) is 69.5 Å². The lowest BCUT2D eigenvalue weighted by atomic mass is 9.99. The zero-order valence-corrected chi connectivity index (χ0v) is 46.3. The molecule has 18 nitrogen and oxygen atoms in total. The maximum atomic E-state index is 13.2. The van der Waals surface area contributed by atoms with Crippen molar-refractivity contribution in [2.75, 3.05) is 84.8 Å². The second-order valence-corrected chi connectivity index (χ2v) is 31.5. The normalized spacial score (nSPS) is 20.0. The third-order valence-electron chi connectivity index (χ3n) is 14.1. The zero-order chi connectivity index (χ0) is 50.5. The van der Waals surface area contributed by atoms with Crippen molar-refractivity contribution >= 4 is 61.1 Å². The van der Waals surface area contributed by atoms with Crippen LogP contribution in [0.3, 0.4) is 0 Å². The number of likely N-dealkylation sites (N-methyl/N-ethyl adjacent to an activating group) is 2. The predicted octanol–water partition coefficient (Wildman–Crippen LogP) is 6.83. The van der Waals surface area contributed by atoms with Gasteiger partial charge < -0.3 is 34.6 Å². The molecule has 2 saturated heterocycles. The zero-order valence-electron chi connectivity index (χ0n) is 42.9. The van der Waals surface area contributed by atoms with Crippen LogP contribution in [-0.2, 0) is 91.4 Å². The number of hydrogen-bond donors (Lipinski definition) is 3. The summed E-state index contributed by atoms with van der Waals surface area (Å²) in [5.41, 5.74) is 13.1. The number of aromatic amines is 1. The third kappa shape index (κ3) is 13.8.